The minimum Gasteiger partial charge on any atom is -0.478 e. The van der Waals surface area contributed by atoms with Gasteiger partial charge in [0, 0.05) is 12.7 Å². The Morgan fingerprint density at radius 2 is 1.97 bits per heavy atom. The minimum absolute atomic E-state index is 0.0611. The number of aromatic nitrogens is 1. The highest BCUT2D eigenvalue weighted by molar-refractivity contribution is 6.61. The van der Waals surface area contributed by atoms with E-state index in [4.69, 9.17) is 9.31 Å². The first kappa shape index (κ1) is 21.1. The third-order valence-electron chi connectivity index (χ3n) is 4.87. The molecule has 2 N–H and O–H groups in total. The van der Waals surface area contributed by atoms with Crippen LogP contribution in [0.4, 0.5) is 19.0 Å². The molecule has 0 spiro atoms. The third kappa shape index (κ3) is 4.71. The number of benzene rings is 1. The molecule has 1 saturated heterocycles. The normalized spacial score (nSPS) is 18.7. The van der Waals surface area contributed by atoms with Gasteiger partial charge in [-0.2, -0.15) is 13.2 Å². The average molecular weight is 408 g/mol. The van der Waals surface area contributed by atoms with Gasteiger partial charge in [0.05, 0.1) is 17.3 Å². The Morgan fingerprint density at radius 1 is 1.31 bits per heavy atom. The zero-order chi connectivity index (χ0) is 21.4. The predicted molar refractivity (Wildman–Crippen MR) is 101 cm³/mol. The summed E-state index contributed by atoms with van der Waals surface area (Å²) in [5.74, 6) is -1.62. The molecule has 1 unspecified atom stereocenters. The van der Waals surface area contributed by atoms with Crippen LogP contribution in [-0.4, -0.2) is 34.9 Å². The molecule has 2 heterocycles. The van der Waals surface area contributed by atoms with E-state index in [1.165, 1.54) is 0 Å². The number of halogens is 3. The number of alkyl halides is 3. The lowest BCUT2D eigenvalue weighted by molar-refractivity contribution is -0.137. The molecule has 1 aliphatic rings. The van der Waals surface area contributed by atoms with Crippen LogP contribution in [0.5, 0.6) is 0 Å². The van der Waals surface area contributed by atoms with Crippen LogP contribution in [0.2, 0.25) is 0 Å². The molecule has 0 saturated carbocycles. The van der Waals surface area contributed by atoms with Crippen molar-refractivity contribution in [3.8, 4) is 0 Å². The van der Waals surface area contributed by atoms with Gasteiger partial charge in [-0.1, -0.05) is 24.3 Å². The molecule has 0 aliphatic carbocycles. The zero-order valence-corrected chi connectivity index (χ0v) is 16.1. The van der Waals surface area contributed by atoms with Crippen molar-refractivity contribution in [3.05, 3.63) is 53.2 Å². The Morgan fingerprint density at radius 3 is 2.48 bits per heavy atom. The van der Waals surface area contributed by atoms with Crippen LogP contribution < -0.4 is 10.8 Å². The van der Waals surface area contributed by atoms with E-state index in [2.05, 4.69) is 10.3 Å². The molecule has 1 fully saturated rings. The maximum Gasteiger partial charge on any atom is 0.494 e. The molecule has 0 bridgehead atoms. The summed E-state index contributed by atoms with van der Waals surface area (Å²) in [4.78, 5) is 14.9. The van der Waals surface area contributed by atoms with Crippen molar-refractivity contribution in [1.29, 1.82) is 0 Å². The van der Waals surface area contributed by atoms with Gasteiger partial charge in [-0.25, -0.2) is 9.78 Å². The molecule has 3 rings (SSSR count). The molecule has 1 aromatic carbocycles. The molecule has 154 valence electrons. The summed E-state index contributed by atoms with van der Waals surface area (Å²) < 4.78 is 50.0. The van der Waals surface area contributed by atoms with E-state index in [-0.39, 0.29) is 18.5 Å². The molecule has 10 heteroatoms. The minimum atomic E-state index is -4.66. The number of carbonyl (C=O) groups is 1. The fraction of sp³-hybridized carbons (Fsp3) is 0.368. The van der Waals surface area contributed by atoms with Crippen molar-refractivity contribution in [1.82, 2.24) is 4.98 Å². The Bertz CT molecular complexity index is 903. The van der Waals surface area contributed by atoms with Crippen molar-refractivity contribution >= 4 is 24.4 Å². The summed E-state index contributed by atoms with van der Waals surface area (Å²) >= 11 is 0. The molecule has 1 aromatic heterocycles. The van der Waals surface area contributed by atoms with Crippen molar-refractivity contribution in [2.24, 2.45) is 0 Å². The van der Waals surface area contributed by atoms with Gasteiger partial charge in [-0.3, -0.25) is 0 Å². The maximum atomic E-state index is 12.8. The number of aromatic carboxylic acids is 1. The molecule has 6 nitrogen and oxygen atoms in total. The lowest BCUT2D eigenvalue weighted by Gasteiger charge is -2.21. The van der Waals surface area contributed by atoms with Gasteiger partial charge in [0.15, 0.2) is 0 Å². The summed E-state index contributed by atoms with van der Waals surface area (Å²) in [6.07, 6.45) is -4.12. The van der Waals surface area contributed by atoms with Crippen LogP contribution >= 0.6 is 0 Å². The first-order chi connectivity index (χ1) is 13.5. The van der Waals surface area contributed by atoms with Crippen LogP contribution in [-0.2, 0) is 22.0 Å². The quantitative estimate of drug-likeness (QED) is 0.739. The third-order valence-corrected chi connectivity index (χ3v) is 4.87. The van der Waals surface area contributed by atoms with Gasteiger partial charge in [-0.15, -0.1) is 0 Å². The number of nitrogens with one attached hydrogen (secondary N) is 1. The number of nitrogens with zero attached hydrogens (tertiary/aromatic N) is 1. The summed E-state index contributed by atoms with van der Waals surface area (Å²) in [6.45, 7) is 6.03. The first-order valence-corrected chi connectivity index (χ1v) is 8.94. The van der Waals surface area contributed by atoms with Gasteiger partial charge >= 0.3 is 19.3 Å². The molecule has 1 aliphatic heterocycles. The van der Waals surface area contributed by atoms with E-state index in [0.29, 0.717) is 12.3 Å². The second-order valence-corrected chi connectivity index (χ2v) is 7.35. The largest absolute Gasteiger partial charge is 0.494 e. The molecule has 0 radical (unpaired) electrons. The number of rotatable bonds is 5. The molecule has 2 aromatic rings. The molecule has 0 amide bonds. The van der Waals surface area contributed by atoms with Gasteiger partial charge in [0.25, 0.3) is 0 Å². The SMILES string of the molecule is CC1OB(c2ccc(CNc3ncc(C(F)(F)F)cc3C(=O)O)cc2)OC1(C)C. The highest BCUT2D eigenvalue weighted by atomic mass is 19.4. The van der Waals surface area contributed by atoms with E-state index in [0.717, 1.165) is 11.0 Å². The van der Waals surface area contributed by atoms with E-state index >= 15 is 0 Å². The van der Waals surface area contributed by atoms with E-state index in [1.807, 2.05) is 32.9 Å². The smallest absolute Gasteiger partial charge is 0.478 e. The second-order valence-electron chi connectivity index (χ2n) is 7.35. The first-order valence-electron chi connectivity index (χ1n) is 8.94. The van der Waals surface area contributed by atoms with Crippen LogP contribution in [0, 0.1) is 0 Å². The fourth-order valence-corrected chi connectivity index (χ4v) is 2.80. The standard InChI is InChI=1S/C19H20BF3N2O4/c1-11-18(2,3)29-20(28-11)14-6-4-12(5-7-14)9-24-16-15(17(26)27)8-13(10-25-16)19(21,22)23/h4-8,10-11H,9H2,1-3H3,(H,24,25)(H,26,27). The lowest BCUT2D eigenvalue weighted by Crippen LogP contribution is -2.34. The average Bonchev–Trinajstić information content (AvgIpc) is 2.92. The number of anilines is 1. The number of pyridine rings is 1. The number of hydrogen-bond donors (Lipinski definition) is 2. The Hall–Kier alpha value is -2.59. The summed E-state index contributed by atoms with van der Waals surface area (Å²) in [5.41, 5.74) is -0.423. The topological polar surface area (TPSA) is 80.7 Å². The summed E-state index contributed by atoms with van der Waals surface area (Å²) in [7, 11) is -0.475. The predicted octanol–water partition coefficient (Wildman–Crippen LogP) is 3.32. The highest BCUT2D eigenvalue weighted by Crippen LogP contribution is 2.31. The van der Waals surface area contributed by atoms with Crippen LogP contribution in [0.3, 0.4) is 0 Å². The van der Waals surface area contributed by atoms with Gasteiger partial charge < -0.3 is 19.7 Å². The summed E-state index contributed by atoms with van der Waals surface area (Å²) in [5, 5.41) is 12.0. The van der Waals surface area contributed by atoms with Crippen LogP contribution in [0.25, 0.3) is 0 Å². The molecular weight excluding hydrogens is 388 g/mol. The van der Waals surface area contributed by atoms with E-state index in [1.54, 1.807) is 12.1 Å². The van der Waals surface area contributed by atoms with Crippen molar-refractivity contribution < 1.29 is 32.4 Å². The van der Waals surface area contributed by atoms with Crippen molar-refractivity contribution in [2.75, 3.05) is 5.32 Å². The van der Waals surface area contributed by atoms with Crippen LogP contribution in [0.1, 0.15) is 42.3 Å². The van der Waals surface area contributed by atoms with E-state index < -0.39 is 36.0 Å². The van der Waals surface area contributed by atoms with Gasteiger partial charge in [-0.05, 0) is 37.9 Å². The summed E-state index contributed by atoms with van der Waals surface area (Å²) in [6, 6.07) is 7.83. The highest BCUT2D eigenvalue weighted by Gasteiger charge is 2.43. The van der Waals surface area contributed by atoms with Crippen molar-refractivity contribution in [2.45, 2.75) is 45.2 Å². The maximum absolute atomic E-state index is 12.8. The Balaban J connectivity index is 1.70. The molecule has 29 heavy (non-hydrogen) atoms. The molecule has 1 atom stereocenters. The van der Waals surface area contributed by atoms with E-state index in [9.17, 15) is 23.1 Å². The molecular formula is C19H20BF3N2O4. The second kappa shape index (κ2) is 7.68. The van der Waals surface area contributed by atoms with Gasteiger partial charge in [0.2, 0.25) is 0 Å². The monoisotopic (exact) mass is 408 g/mol. The number of hydrogen-bond acceptors (Lipinski definition) is 5. The number of carboxylic acids is 1. The van der Waals surface area contributed by atoms with Crippen LogP contribution in [0.15, 0.2) is 36.5 Å². The van der Waals surface area contributed by atoms with Gasteiger partial charge in [0.1, 0.15) is 11.4 Å². The fourth-order valence-electron chi connectivity index (χ4n) is 2.80. The Kier molecular flexibility index (Phi) is 5.60. The zero-order valence-electron chi connectivity index (χ0n) is 16.1. The van der Waals surface area contributed by atoms with Crippen molar-refractivity contribution in [3.63, 3.8) is 0 Å². The lowest BCUT2D eigenvalue weighted by atomic mass is 9.79. The number of carboxylic acid groups (broad SMARTS) is 1. The Labute approximate surface area is 166 Å².